The van der Waals surface area contributed by atoms with Gasteiger partial charge in [-0.15, -0.1) is 5.10 Å². The van der Waals surface area contributed by atoms with Crippen LogP contribution in [0.3, 0.4) is 0 Å². The van der Waals surface area contributed by atoms with E-state index in [1.165, 1.54) is 6.08 Å². The Balaban J connectivity index is 1.64. The lowest BCUT2D eigenvalue weighted by molar-refractivity contribution is -0.111. The molecule has 1 amide bonds. The predicted molar refractivity (Wildman–Crippen MR) is 90.3 cm³/mol. The molecular formula is C17H15N5O. The van der Waals surface area contributed by atoms with Crippen molar-refractivity contribution in [3.63, 3.8) is 0 Å². The average molecular weight is 305 g/mol. The number of nitrogens with zero attached hydrogens (tertiary/aromatic N) is 2. The first-order valence-electron chi connectivity index (χ1n) is 7.03. The van der Waals surface area contributed by atoms with Gasteiger partial charge in [0.15, 0.2) is 5.82 Å². The minimum atomic E-state index is -0.305. The Labute approximate surface area is 133 Å². The Morgan fingerprint density at radius 1 is 1.09 bits per heavy atom. The molecule has 1 heterocycles. The Kier molecular flexibility index (Phi) is 4.15. The molecule has 0 saturated carbocycles. The molecule has 3 aromatic rings. The van der Waals surface area contributed by atoms with Gasteiger partial charge in [-0.3, -0.25) is 15.2 Å². The minimum Gasteiger partial charge on any atom is -0.399 e. The van der Waals surface area contributed by atoms with E-state index in [0.717, 1.165) is 11.1 Å². The zero-order valence-electron chi connectivity index (χ0n) is 12.2. The van der Waals surface area contributed by atoms with Crippen LogP contribution in [-0.2, 0) is 4.79 Å². The molecule has 3 rings (SSSR count). The monoisotopic (exact) mass is 305 g/mol. The molecule has 0 aliphatic rings. The van der Waals surface area contributed by atoms with Crippen LogP contribution < -0.4 is 11.1 Å². The number of hydrogen-bond donors (Lipinski definition) is 3. The molecule has 0 fully saturated rings. The van der Waals surface area contributed by atoms with Gasteiger partial charge in [0.1, 0.15) is 0 Å². The number of nitrogens with one attached hydrogen (secondary N) is 2. The van der Waals surface area contributed by atoms with Gasteiger partial charge >= 0.3 is 0 Å². The molecule has 0 aliphatic heterocycles. The van der Waals surface area contributed by atoms with Crippen LogP contribution in [0.1, 0.15) is 5.56 Å². The summed E-state index contributed by atoms with van der Waals surface area (Å²) < 4.78 is 0. The number of nitrogen functional groups attached to an aromatic ring is 1. The van der Waals surface area contributed by atoms with Crippen LogP contribution in [-0.4, -0.2) is 21.1 Å². The van der Waals surface area contributed by atoms with Gasteiger partial charge in [-0.25, -0.2) is 0 Å². The fourth-order valence-electron chi connectivity index (χ4n) is 1.97. The van der Waals surface area contributed by atoms with Crippen molar-refractivity contribution in [1.29, 1.82) is 0 Å². The number of aromatic amines is 1. The smallest absolute Gasteiger partial charge is 0.250 e. The quantitative estimate of drug-likeness (QED) is 0.510. The third-order valence-electron chi connectivity index (χ3n) is 3.13. The van der Waals surface area contributed by atoms with Gasteiger partial charge in [0, 0.05) is 17.3 Å². The number of carbonyl (C=O) groups excluding carboxylic acids is 1. The summed E-state index contributed by atoms with van der Waals surface area (Å²) in [5.74, 6) is 0.527. The van der Waals surface area contributed by atoms with E-state index >= 15 is 0 Å². The Hall–Kier alpha value is -3.41. The maximum absolute atomic E-state index is 11.9. The zero-order valence-corrected chi connectivity index (χ0v) is 12.2. The standard InChI is InChI=1S/C17H15N5O/c18-14-9-6-12(7-10-14)8-11-15(23)19-17-20-16(21-22-17)13-4-2-1-3-5-13/h1-11H,18H2,(H2,19,20,21,22,23)/b11-8+. The van der Waals surface area contributed by atoms with Crippen LogP contribution in [0.5, 0.6) is 0 Å². The molecule has 6 nitrogen and oxygen atoms in total. The van der Waals surface area contributed by atoms with E-state index in [-0.39, 0.29) is 11.9 Å². The van der Waals surface area contributed by atoms with Crippen LogP contribution in [0.15, 0.2) is 60.7 Å². The third-order valence-corrected chi connectivity index (χ3v) is 3.13. The zero-order chi connectivity index (χ0) is 16.1. The van der Waals surface area contributed by atoms with Gasteiger partial charge in [0.05, 0.1) is 0 Å². The van der Waals surface area contributed by atoms with Gasteiger partial charge < -0.3 is 5.73 Å². The van der Waals surface area contributed by atoms with Crippen LogP contribution in [0.4, 0.5) is 11.6 Å². The summed E-state index contributed by atoms with van der Waals surface area (Å²) in [5, 5.41) is 9.38. The van der Waals surface area contributed by atoms with Crippen LogP contribution in [0.25, 0.3) is 17.5 Å². The molecule has 0 saturated heterocycles. The lowest BCUT2D eigenvalue weighted by Gasteiger charge is -1.96. The predicted octanol–water partition coefficient (Wildman–Crippen LogP) is 2.71. The summed E-state index contributed by atoms with van der Waals surface area (Å²) in [6.07, 6.45) is 3.11. The first-order chi connectivity index (χ1) is 11.2. The van der Waals surface area contributed by atoms with Gasteiger partial charge in [0.2, 0.25) is 5.95 Å². The fourth-order valence-corrected chi connectivity index (χ4v) is 1.97. The van der Waals surface area contributed by atoms with E-state index < -0.39 is 0 Å². The number of carbonyl (C=O) groups is 1. The number of rotatable bonds is 4. The van der Waals surface area contributed by atoms with E-state index in [1.54, 1.807) is 18.2 Å². The highest BCUT2D eigenvalue weighted by Gasteiger charge is 2.06. The molecular weight excluding hydrogens is 290 g/mol. The Morgan fingerprint density at radius 3 is 2.57 bits per heavy atom. The first kappa shape index (κ1) is 14.5. The van der Waals surface area contributed by atoms with Crippen molar-refractivity contribution in [2.45, 2.75) is 0 Å². The Morgan fingerprint density at radius 2 is 1.83 bits per heavy atom. The van der Waals surface area contributed by atoms with Gasteiger partial charge in [-0.1, -0.05) is 42.5 Å². The number of anilines is 2. The molecule has 0 atom stereocenters. The van der Waals surface area contributed by atoms with E-state index in [4.69, 9.17) is 5.73 Å². The van der Waals surface area contributed by atoms with Crippen LogP contribution >= 0.6 is 0 Å². The topological polar surface area (TPSA) is 96.7 Å². The molecule has 0 spiro atoms. The summed E-state index contributed by atoms with van der Waals surface area (Å²) in [6, 6.07) is 16.8. The van der Waals surface area contributed by atoms with Crippen molar-refractivity contribution in [3.8, 4) is 11.4 Å². The second-order valence-electron chi connectivity index (χ2n) is 4.86. The molecule has 23 heavy (non-hydrogen) atoms. The molecule has 0 radical (unpaired) electrons. The largest absolute Gasteiger partial charge is 0.399 e. The van der Waals surface area contributed by atoms with Crippen molar-refractivity contribution in [1.82, 2.24) is 15.2 Å². The maximum atomic E-state index is 11.9. The van der Waals surface area contributed by atoms with E-state index in [9.17, 15) is 4.79 Å². The summed E-state index contributed by atoms with van der Waals surface area (Å²) >= 11 is 0. The van der Waals surface area contributed by atoms with Crippen molar-refractivity contribution in [2.24, 2.45) is 0 Å². The van der Waals surface area contributed by atoms with E-state index in [1.807, 2.05) is 42.5 Å². The molecule has 114 valence electrons. The lowest BCUT2D eigenvalue weighted by Crippen LogP contribution is -2.09. The minimum absolute atomic E-state index is 0.232. The van der Waals surface area contributed by atoms with Crippen molar-refractivity contribution < 1.29 is 4.79 Å². The fraction of sp³-hybridized carbons (Fsp3) is 0. The highest BCUT2D eigenvalue weighted by Crippen LogP contribution is 2.15. The second-order valence-corrected chi connectivity index (χ2v) is 4.86. The first-order valence-corrected chi connectivity index (χ1v) is 7.03. The molecule has 0 unspecified atom stereocenters. The van der Waals surface area contributed by atoms with Gasteiger partial charge in [-0.2, -0.15) is 4.98 Å². The molecule has 0 aliphatic carbocycles. The van der Waals surface area contributed by atoms with Gasteiger partial charge in [0.25, 0.3) is 5.91 Å². The van der Waals surface area contributed by atoms with Crippen LogP contribution in [0, 0.1) is 0 Å². The summed E-state index contributed by atoms with van der Waals surface area (Å²) in [4.78, 5) is 16.1. The summed E-state index contributed by atoms with van der Waals surface area (Å²) in [5.41, 5.74) is 8.08. The highest BCUT2D eigenvalue weighted by atomic mass is 16.1. The SMILES string of the molecule is Nc1ccc(/C=C/C(=O)Nc2n[nH]c(-c3ccccc3)n2)cc1. The van der Waals surface area contributed by atoms with Crippen molar-refractivity contribution in [3.05, 3.63) is 66.2 Å². The highest BCUT2D eigenvalue weighted by molar-refractivity contribution is 6.00. The average Bonchev–Trinajstić information content (AvgIpc) is 3.04. The normalized spacial score (nSPS) is 10.8. The lowest BCUT2D eigenvalue weighted by atomic mass is 10.2. The molecule has 0 bridgehead atoms. The van der Waals surface area contributed by atoms with Crippen LogP contribution in [0.2, 0.25) is 0 Å². The summed E-state index contributed by atoms with van der Waals surface area (Å²) in [6.45, 7) is 0. The maximum Gasteiger partial charge on any atom is 0.250 e. The number of aromatic nitrogens is 3. The van der Waals surface area contributed by atoms with E-state index in [2.05, 4.69) is 20.5 Å². The summed E-state index contributed by atoms with van der Waals surface area (Å²) in [7, 11) is 0. The van der Waals surface area contributed by atoms with E-state index in [0.29, 0.717) is 11.5 Å². The van der Waals surface area contributed by atoms with Gasteiger partial charge in [-0.05, 0) is 23.8 Å². The number of hydrogen-bond acceptors (Lipinski definition) is 4. The molecule has 6 heteroatoms. The number of benzene rings is 2. The van der Waals surface area contributed by atoms with Crippen molar-refractivity contribution >= 4 is 23.6 Å². The third kappa shape index (κ3) is 3.82. The number of H-pyrrole nitrogens is 1. The van der Waals surface area contributed by atoms with Crippen molar-refractivity contribution in [2.75, 3.05) is 11.1 Å². The molecule has 1 aromatic heterocycles. The second kappa shape index (κ2) is 6.57. The number of amides is 1. The number of nitrogens with two attached hydrogens (primary N) is 1. The molecule has 2 aromatic carbocycles. The Bertz CT molecular complexity index is 822. The molecule has 4 N–H and O–H groups in total.